The van der Waals surface area contributed by atoms with Gasteiger partial charge in [0, 0.05) is 15.9 Å². The summed E-state index contributed by atoms with van der Waals surface area (Å²) in [5, 5.41) is 1.40. The van der Waals surface area contributed by atoms with Crippen LogP contribution in [0.1, 0.15) is 20.8 Å². The normalized spacial score (nSPS) is 11.8. The Morgan fingerprint density at radius 1 is 1.24 bits per heavy atom. The van der Waals surface area contributed by atoms with Gasteiger partial charge in [-0.15, -0.1) is 0 Å². The van der Waals surface area contributed by atoms with Gasteiger partial charge in [0.2, 0.25) is 0 Å². The molecule has 0 saturated heterocycles. The minimum atomic E-state index is -0.259. The van der Waals surface area contributed by atoms with E-state index >= 15 is 0 Å². The lowest BCUT2D eigenvalue weighted by Gasteiger charge is -2.22. The number of hydrogen-bond donors (Lipinski definition) is 0. The van der Waals surface area contributed by atoms with Crippen molar-refractivity contribution in [3.05, 3.63) is 33.9 Å². The molecule has 0 fully saturated rings. The summed E-state index contributed by atoms with van der Waals surface area (Å²) in [5.41, 5.74) is 0.566. The second-order valence-corrected chi connectivity index (χ2v) is 6.12. The standard InChI is InChI=1S/C13H13BrClNO/c1-13(2,3)17-11-7-12(15)16-10-6-8(14)4-5-9(10)11/h4-7H,1-3H3. The van der Waals surface area contributed by atoms with Gasteiger partial charge >= 0.3 is 0 Å². The number of fused-ring (bicyclic) bond motifs is 1. The Balaban J connectivity index is 2.62. The highest BCUT2D eigenvalue weighted by atomic mass is 79.9. The third kappa shape index (κ3) is 3.11. The molecular formula is C13H13BrClNO. The number of nitrogens with zero attached hydrogens (tertiary/aromatic N) is 1. The molecule has 0 amide bonds. The van der Waals surface area contributed by atoms with E-state index < -0.39 is 0 Å². The van der Waals surface area contributed by atoms with Gasteiger partial charge in [-0.05, 0) is 39.0 Å². The molecule has 0 saturated carbocycles. The van der Waals surface area contributed by atoms with Crippen LogP contribution in [0.2, 0.25) is 5.15 Å². The lowest BCUT2D eigenvalue weighted by Crippen LogP contribution is -2.23. The third-order valence-corrected chi connectivity index (χ3v) is 2.81. The van der Waals surface area contributed by atoms with Crippen LogP contribution in [0.5, 0.6) is 5.75 Å². The van der Waals surface area contributed by atoms with Crippen molar-refractivity contribution in [2.75, 3.05) is 0 Å². The molecule has 0 atom stereocenters. The highest BCUT2D eigenvalue weighted by Gasteiger charge is 2.15. The second-order valence-electron chi connectivity index (χ2n) is 4.82. The summed E-state index contributed by atoms with van der Waals surface area (Å²) in [5.74, 6) is 0.764. The van der Waals surface area contributed by atoms with Crippen LogP contribution in [-0.4, -0.2) is 10.6 Å². The number of hydrogen-bond acceptors (Lipinski definition) is 2. The molecule has 0 bridgehead atoms. The van der Waals surface area contributed by atoms with Crippen molar-refractivity contribution < 1.29 is 4.74 Å². The number of ether oxygens (including phenoxy) is 1. The van der Waals surface area contributed by atoms with Gasteiger partial charge in [0.15, 0.2) is 0 Å². The quantitative estimate of drug-likeness (QED) is 0.703. The number of benzene rings is 1. The van der Waals surface area contributed by atoms with Gasteiger partial charge in [-0.3, -0.25) is 0 Å². The molecule has 0 N–H and O–H groups in total. The maximum absolute atomic E-state index is 6.00. The second kappa shape index (κ2) is 4.46. The Labute approximate surface area is 114 Å². The van der Waals surface area contributed by atoms with Gasteiger partial charge in [0.1, 0.15) is 16.5 Å². The van der Waals surface area contributed by atoms with E-state index in [1.807, 2.05) is 39.0 Å². The summed E-state index contributed by atoms with van der Waals surface area (Å²) >= 11 is 9.42. The predicted molar refractivity (Wildman–Crippen MR) is 74.8 cm³/mol. The number of rotatable bonds is 1. The molecule has 4 heteroatoms. The van der Waals surface area contributed by atoms with Crippen molar-refractivity contribution in [3.63, 3.8) is 0 Å². The minimum Gasteiger partial charge on any atom is -0.487 e. The van der Waals surface area contributed by atoms with E-state index in [1.165, 1.54) is 0 Å². The summed E-state index contributed by atoms with van der Waals surface area (Å²) < 4.78 is 6.87. The Morgan fingerprint density at radius 2 is 1.94 bits per heavy atom. The van der Waals surface area contributed by atoms with Crippen molar-refractivity contribution in [1.82, 2.24) is 4.98 Å². The highest BCUT2D eigenvalue weighted by Crippen LogP contribution is 2.31. The first-order valence-electron chi connectivity index (χ1n) is 5.30. The number of pyridine rings is 1. The van der Waals surface area contributed by atoms with E-state index in [2.05, 4.69) is 20.9 Å². The molecule has 0 unspecified atom stereocenters. The van der Waals surface area contributed by atoms with Crippen LogP contribution >= 0.6 is 27.5 Å². The molecule has 1 aromatic heterocycles. The maximum atomic E-state index is 6.00. The summed E-state index contributed by atoms with van der Waals surface area (Å²) in [6, 6.07) is 7.62. The smallest absolute Gasteiger partial charge is 0.133 e. The van der Waals surface area contributed by atoms with Crippen molar-refractivity contribution in [2.45, 2.75) is 26.4 Å². The monoisotopic (exact) mass is 313 g/mol. The van der Waals surface area contributed by atoms with Crippen molar-refractivity contribution in [2.24, 2.45) is 0 Å². The molecule has 0 aliphatic heterocycles. The average Bonchev–Trinajstić information content (AvgIpc) is 2.13. The zero-order valence-corrected chi connectivity index (χ0v) is 12.3. The van der Waals surface area contributed by atoms with Crippen LogP contribution in [0.15, 0.2) is 28.7 Å². The topological polar surface area (TPSA) is 22.1 Å². The average molecular weight is 315 g/mol. The lowest BCUT2D eigenvalue weighted by molar-refractivity contribution is 0.133. The molecule has 0 aliphatic rings. The molecule has 1 heterocycles. The maximum Gasteiger partial charge on any atom is 0.133 e. The van der Waals surface area contributed by atoms with Crippen LogP contribution in [-0.2, 0) is 0 Å². The Hall–Kier alpha value is -0.800. The van der Waals surface area contributed by atoms with Crippen LogP contribution in [0.3, 0.4) is 0 Å². The predicted octanol–water partition coefficient (Wildman–Crippen LogP) is 4.83. The van der Waals surface area contributed by atoms with Gasteiger partial charge in [0.25, 0.3) is 0 Å². The van der Waals surface area contributed by atoms with E-state index in [-0.39, 0.29) is 5.60 Å². The molecule has 0 radical (unpaired) electrons. The molecule has 0 spiro atoms. The van der Waals surface area contributed by atoms with Crippen LogP contribution in [0.25, 0.3) is 10.9 Å². The summed E-state index contributed by atoms with van der Waals surface area (Å²) in [4.78, 5) is 4.28. The Bertz CT molecular complexity index is 558. The number of aromatic nitrogens is 1. The van der Waals surface area contributed by atoms with Crippen LogP contribution in [0, 0.1) is 0 Å². The van der Waals surface area contributed by atoms with Gasteiger partial charge in [-0.2, -0.15) is 0 Å². The van der Waals surface area contributed by atoms with E-state index in [1.54, 1.807) is 6.07 Å². The minimum absolute atomic E-state index is 0.259. The van der Waals surface area contributed by atoms with Crippen LogP contribution < -0.4 is 4.74 Å². The van der Waals surface area contributed by atoms with E-state index in [0.717, 1.165) is 21.1 Å². The highest BCUT2D eigenvalue weighted by molar-refractivity contribution is 9.10. The fourth-order valence-corrected chi connectivity index (χ4v) is 2.09. The van der Waals surface area contributed by atoms with Crippen molar-refractivity contribution in [1.29, 1.82) is 0 Å². The Kier molecular flexibility index (Phi) is 3.32. The van der Waals surface area contributed by atoms with E-state index in [0.29, 0.717) is 5.15 Å². The van der Waals surface area contributed by atoms with Crippen molar-refractivity contribution >= 4 is 38.4 Å². The number of halogens is 2. The largest absolute Gasteiger partial charge is 0.487 e. The SMILES string of the molecule is CC(C)(C)Oc1cc(Cl)nc2cc(Br)ccc12. The van der Waals surface area contributed by atoms with Crippen LogP contribution in [0.4, 0.5) is 0 Å². The molecule has 1 aromatic carbocycles. The molecule has 2 aromatic rings. The first kappa shape index (κ1) is 12.7. The van der Waals surface area contributed by atoms with E-state index in [4.69, 9.17) is 16.3 Å². The first-order valence-corrected chi connectivity index (χ1v) is 6.47. The summed E-state index contributed by atoms with van der Waals surface area (Å²) in [6.07, 6.45) is 0. The van der Waals surface area contributed by atoms with Gasteiger partial charge in [0.05, 0.1) is 5.52 Å². The lowest BCUT2D eigenvalue weighted by atomic mass is 10.1. The molecule has 0 aliphatic carbocycles. The van der Waals surface area contributed by atoms with Gasteiger partial charge in [-0.25, -0.2) is 4.98 Å². The molecule has 2 nitrogen and oxygen atoms in total. The fourth-order valence-electron chi connectivity index (χ4n) is 1.55. The molecule has 90 valence electrons. The summed E-state index contributed by atoms with van der Waals surface area (Å²) in [7, 11) is 0. The molecule has 2 rings (SSSR count). The molecular weight excluding hydrogens is 302 g/mol. The third-order valence-electron chi connectivity index (χ3n) is 2.12. The van der Waals surface area contributed by atoms with Gasteiger partial charge in [-0.1, -0.05) is 27.5 Å². The zero-order valence-electron chi connectivity index (χ0n) is 9.92. The fraction of sp³-hybridized carbons (Fsp3) is 0.308. The first-order chi connectivity index (χ1) is 7.85. The summed E-state index contributed by atoms with van der Waals surface area (Å²) in [6.45, 7) is 6.02. The zero-order chi connectivity index (χ0) is 12.6. The molecule has 17 heavy (non-hydrogen) atoms. The van der Waals surface area contributed by atoms with Gasteiger partial charge < -0.3 is 4.74 Å². The van der Waals surface area contributed by atoms with E-state index in [9.17, 15) is 0 Å². The Morgan fingerprint density at radius 3 is 2.59 bits per heavy atom. The van der Waals surface area contributed by atoms with Crippen molar-refractivity contribution in [3.8, 4) is 5.75 Å².